The van der Waals surface area contributed by atoms with Crippen molar-refractivity contribution in [2.45, 2.75) is 24.9 Å². The zero-order valence-electron chi connectivity index (χ0n) is 13.7. The molecule has 8 heteroatoms. The Bertz CT molecular complexity index is 633. The van der Waals surface area contributed by atoms with Crippen LogP contribution in [-0.2, 0) is 26.0 Å². The van der Waals surface area contributed by atoms with Gasteiger partial charge in [-0.15, -0.1) is 0 Å². The van der Waals surface area contributed by atoms with Crippen LogP contribution in [-0.4, -0.2) is 74.2 Å². The molecule has 1 aliphatic heterocycles. The van der Waals surface area contributed by atoms with Crippen LogP contribution in [0.2, 0.25) is 0 Å². The molecule has 1 aromatic rings. The number of aryl methyl sites for hydroxylation is 1. The molecule has 0 N–H and O–H groups in total. The highest BCUT2D eigenvalue weighted by atomic mass is 32.2. The Hall–Kier alpha value is -1.51. The second kappa shape index (κ2) is 7.37. The Morgan fingerprint density at radius 3 is 2.61 bits per heavy atom. The predicted molar refractivity (Wildman–Crippen MR) is 86.3 cm³/mol. The summed E-state index contributed by atoms with van der Waals surface area (Å²) in [5.74, 6) is -0.535. The summed E-state index contributed by atoms with van der Waals surface area (Å²) >= 11 is 0. The topological polar surface area (TPSA) is 79.8 Å². The summed E-state index contributed by atoms with van der Waals surface area (Å²) < 4.78 is 31.5. The Morgan fingerprint density at radius 2 is 2.04 bits per heavy atom. The van der Waals surface area contributed by atoms with E-state index in [4.69, 9.17) is 4.74 Å². The first-order valence-corrected chi connectivity index (χ1v) is 9.08. The van der Waals surface area contributed by atoms with Gasteiger partial charge in [0.1, 0.15) is 6.04 Å². The highest BCUT2D eigenvalue weighted by Crippen LogP contribution is 2.25. The van der Waals surface area contributed by atoms with Gasteiger partial charge in [0.15, 0.2) is 0 Å². The maximum Gasteiger partial charge on any atom is 0.324 e. The largest absolute Gasteiger partial charge is 0.468 e. The van der Waals surface area contributed by atoms with Gasteiger partial charge in [0, 0.05) is 25.0 Å². The molecule has 1 saturated heterocycles. The predicted octanol–water partition coefficient (Wildman–Crippen LogP) is 0.131. The first-order valence-electron chi connectivity index (χ1n) is 7.48. The number of pyridine rings is 1. The molecule has 2 rings (SSSR count). The molecule has 0 bridgehead atoms. The highest BCUT2D eigenvalue weighted by Gasteiger charge is 2.44. The maximum absolute atomic E-state index is 12.7. The second-order valence-corrected chi connectivity index (χ2v) is 7.92. The molecule has 0 spiro atoms. The molecule has 0 aromatic carbocycles. The van der Waals surface area contributed by atoms with E-state index >= 15 is 0 Å². The van der Waals surface area contributed by atoms with E-state index in [-0.39, 0.29) is 11.8 Å². The highest BCUT2D eigenvalue weighted by molar-refractivity contribution is 7.89. The maximum atomic E-state index is 12.7. The van der Waals surface area contributed by atoms with Crippen LogP contribution >= 0.6 is 0 Å². The van der Waals surface area contributed by atoms with E-state index in [1.807, 2.05) is 19.0 Å². The van der Waals surface area contributed by atoms with Gasteiger partial charge in [-0.3, -0.25) is 9.78 Å². The number of hydrogen-bond donors (Lipinski definition) is 0. The Balaban J connectivity index is 2.13. The van der Waals surface area contributed by atoms with Crippen LogP contribution < -0.4 is 0 Å². The summed E-state index contributed by atoms with van der Waals surface area (Å²) in [6.45, 7) is 0.311. The monoisotopic (exact) mass is 341 g/mol. The average molecular weight is 341 g/mol. The third kappa shape index (κ3) is 4.27. The lowest BCUT2D eigenvalue weighted by atomic mass is 10.1. The fourth-order valence-corrected chi connectivity index (χ4v) is 4.42. The van der Waals surface area contributed by atoms with Gasteiger partial charge in [-0.25, -0.2) is 8.42 Å². The number of likely N-dealkylation sites (N-methyl/N-ethyl adjacent to an activating group) is 1. The number of sulfonamides is 1. The summed E-state index contributed by atoms with van der Waals surface area (Å²) in [4.78, 5) is 17.8. The van der Waals surface area contributed by atoms with Crippen molar-refractivity contribution in [3.63, 3.8) is 0 Å². The van der Waals surface area contributed by atoms with Crippen molar-refractivity contribution in [1.29, 1.82) is 0 Å². The van der Waals surface area contributed by atoms with Crippen LogP contribution in [0.5, 0.6) is 0 Å². The van der Waals surface area contributed by atoms with Gasteiger partial charge in [-0.1, -0.05) is 0 Å². The number of nitrogens with zero attached hydrogens (tertiary/aromatic N) is 3. The first-order chi connectivity index (χ1) is 10.8. The molecule has 0 aliphatic carbocycles. The van der Waals surface area contributed by atoms with Gasteiger partial charge in [-0.05, 0) is 44.6 Å². The summed E-state index contributed by atoms with van der Waals surface area (Å²) in [5.41, 5.74) is 0.904. The van der Waals surface area contributed by atoms with Crippen LogP contribution in [0.15, 0.2) is 24.5 Å². The minimum atomic E-state index is -3.54. The van der Waals surface area contributed by atoms with Crippen molar-refractivity contribution in [2.75, 3.05) is 33.5 Å². The lowest BCUT2D eigenvalue weighted by Crippen LogP contribution is -2.42. The smallest absolute Gasteiger partial charge is 0.324 e. The van der Waals surface area contributed by atoms with Crippen LogP contribution in [0.3, 0.4) is 0 Å². The summed E-state index contributed by atoms with van der Waals surface area (Å²) in [5, 5.41) is 0. The SMILES string of the molecule is COC(=O)[C@@H]1C[C@@H](N(C)C)CN1S(=O)(=O)CCc1ccncc1. The number of esters is 1. The van der Waals surface area contributed by atoms with Crippen molar-refractivity contribution >= 4 is 16.0 Å². The average Bonchev–Trinajstić information content (AvgIpc) is 3.00. The van der Waals surface area contributed by atoms with Gasteiger partial charge in [0.2, 0.25) is 10.0 Å². The van der Waals surface area contributed by atoms with Crippen LogP contribution in [0, 0.1) is 0 Å². The fraction of sp³-hybridized carbons (Fsp3) is 0.600. The zero-order chi connectivity index (χ0) is 17.0. The standard InChI is InChI=1S/C15H23N3O4S/c1-17(2)13-10-14(15(19)22-3)18(11-13)23(20,21)9-6-12-4-7-16-8-5-12/h4-5,7-8,13-14H,6,9-11H2,1-3H3/t13-,14+/m1/s1. The van der Waals surface area contributed by atoms with Gasteiger partial charge < -0.3 is 9.64 Å². The molecule has 7 nitrogen and oxygen atoms in total. The number of carbonyl (C=O) groups excluding carboxylic acids is 1. The Kier molecular flexibility index (Phi) is 5.72. The molecule has 1 fully saturated rings. The molecule has 2 atom stereocenters. The van der Waals surface area contributed by atoms with Crippen molar-refractivity contribution < 1.29 is 17.9 Å². The molecule has 2 heterocycles. The molecular weight excluding hydrogens is 318 g/mol. The quantitative estimate of drug-likeness (QED) is 0.685. The minimum absolute atomic E-state index is 0.00907. The molecule has 128 valence electrons. The van der Waals surface area contributed by atoms with Crippen LogP contribution in [0.1, 0.15) is 12.0 Å². The number of carbonyl (C=O) groups is 1. The third-order valence-electron chi connectivity index (χ3n) is 4.19. The fourth-order valence-electron chi connectivity index (χ4n) is 2.73. The molecular formula is C15H23N3O4S. The molecule has 0 unspecified atom stereocenters. The molecule has 1 aromatic heterocycles. The van der Waals surface area contributed by atoms with E-state index in [1.165, 1.54) is 11.4 Å². The number of rotatable bonds is 6. The van der Waals surface area contributed by atoms with E-state index in [2.05, 4.69) is 4.98 Å². The summed E-state index contributed by atoms with van der Waals surface area (Å²) in [6.07, 6.45) is 4.12. The normalized spacial score (nSPS) is 22.4. The van der Waals surface area contributed by atoms with Crippen molar-refractivity contribution in [2.24, 2.45) is 0 Å². The van der Waals surface area contributed by atoms with Gasteiger partial charge in [0.05, 0.1) is 12.9 Å². The lowest BCUT2D eigenvalue weighted by Gasteiger charge is -2.22. The second-order valence-electron chi connectivity index (χ2n) is 5.88. The summed E-state index contributed by atoms with van der Waals surface area (Å²) in [7, 11) is 1.50. The van der Waals surface area contributed by atoms with Gasteiger partial charge >= 0.3 is 5.97 Å². The number of methoxy groups -OCH3 is 1. The van der Waals surface area contributed by atoms with Crippen LogP contribution in [0.4, 0.5) is 0 Å². The molecule has 0 amide bonds. The number of ether oxygens (including phenoxy) is 1. The Labute approximate surface area is 137 Å². The molecule has 1 aliphatic rings. The van der Waals surface area contributed by atoms with E-state index in [0.29, 0.717) is 19.4 Å². The van der Waals surface area contributed by atoms with Crippen molar-refractivity contribution in [1.82, 2.24) is 14.2 Å². The van der Waals surface area contributed by atoms with Gasteiger partial charge in [-0.2, -0.15) is 4.31 Å². The van der Waals surface area contributed by atoms with Gasteiger partial charge in [0.25, 0.3) is 0 Å². The molecule has 0 saturated carbocycles. The van der Waals surface area contributed by atoms with E-state index in [9.17, 15) is 13.2 Å². The first kappa shape index (κ1) is 17.8. The van der Waals surface area contributed by atoms with Crippen molar-refractivity contribution in [3.05, 3.63) is 30.1 Å². The lowest BCUT2D eigenvalue weighted by molar-refractivity contribution is -0.144. The molecule has 23 heavy (non-hydrogen) atoms. The van der Waals surface area contributed by atoms with E-state index < -0.39 is 22.0 Å². The number of aromatic nitrogens is 1. The van der Waals surface area contributed by atoms with E-state index in [0.717, 1.165) is 5.56 Å². The van der Waals surface area contributed by atoms with Crippen LogP contribution in [0.25, 0.3) is 0 Å². The van der Waals surface area contributed by atoms with Crippen molar-refractivity contribution in [3.8, 4) is 0 Å². The summed E-state index contributed by atoms with van der Waals surface area (Å²) in [6, 6.07) is 2.85. The number of hydrogen-bond acceptors (Lipinski definition) is 6. The zero-order valence-corrected chi connectivity index (χ0v) is 14.5. The molecule has 0 radical (unpaired) electrons. The Morgan fingerprint density at radius 1 is 1.39 bits per heavy atom. The minimum Gasteiger partial charge on any atom is -0.468 e. The third-order valence-corrected chi connectivity index (χ3v) is 6.03. The van der Waals surface area contributed by atoms with E-state index in [1.54, 1.807) is 24.5 Å².